The van der Waals surface area contributed by atoms with Crippen LogP contribution < -0.4 is 38.9 Å². The van der Waals surface area contributed by atoms with Crippen molar-refractivity contribution in [3.63, 3.8) is 0 Å². The predicted octanol–water partition coefficient (Wildman–Crippen LogP) is -2.29. The molecule has 0 spiro atoms. The molecule has 0 fully saturated rings. The van der Waals surface area contributed by atoms with Gasteiger partial charge in [-0.05, 0) is 51.0 Å². The van der Waals surface area contributed by atoms with Crippen LogP contribution in [0.2, 0.25) is 0 Å². The fraction of sp³-hybridized carbons (Fsp3) is 0.750. The number of carboxylic acids is 1. The summed E-state index contributed by atoms with van der Waals surface area (Å²) < 4.78 is 0. The summed E-state index contributed by atoms with van der Waals surface area (Å²) in [7, 11) is 0. The first-order valence-corrected chi connectivity index (χ1v) is 11.1. The molecule has 0 aliphatic rings. The van der Waals surface area contributed by atoms with Crippen molar-refractivity contribution in [2.24, 2.45) is 33.8 Å². The van der Waals surface area contributed by atoms with Crippen LogP contribution in [0.25, 0.3) is 0 Å². The van der Waals surface area contributed by atoms with Crippen LogP contribution in [0, 0.1) is 5.92 Å². The highest BCUT2D eigenvalue weighted by Crippen LogP contribution is 2.09. The number of carbonyl (C=O) groups is 4. The van der Waals surface area contributed by atoms with Crippen LogP contribution in [0.5, 0.6) is 0 Å². The van der Waals surface area contributed by atoms with E-state index >= 15 is 0 Å². The van der Waals surface area contributed by atoms with Gasteiger partial charge in [0.05, 0.1) is 6.54 Å². The molecule has 12 N–H and O–H groups in total. The van der Waals surface area contributed by atoms with Crippen molar-refractivity contribution >= 4 is 29.7 Å². The van der Waals surface area contributed by atoms with Gasteiger partial charge >= 0.3 is 5.97 Å². The van der Waals surface area contributed by atoms with E-state index in [9.17, 15) is 24.3 Å². The minimum Gasteiger partial charge on any atom is -0.480 e. The topological polar surface area (TPSA) is 241 Å². The Hall–Kier alpha value is -2.93. The quantitative estimate of drug-likeness (QED) is 0.0644. The van der Waals surface area contributed by atoms with E-state index in [0.29, 0.717) is 25.8 Å². The number of nitrogens with one attached hydrogen (secondary N) is 3. The van der Waals surface area contributed by atoms with E-state index in [4.69, 9.17) is 22.9 Å². The van der Waals surface area contributed by atoms with E-state index in [2.05, 4.69) is 20.9 Å². The van der Waals surface area contributed by atoms with Crippen LogP contribution in [0.3, 0.4) is 0 Å². The van der Waals surface area contributed by atoms with Gasteiger partial charge in [0.15, 0.2) is 5.96 Å². The average molecular weight is 473 g/mol. The third kappa shape index (κ3) is 14.0. The molecule has 0 saturated carbocycles. The highest BCUT2D eigenvalue weighted by molar-refractivity contribution is 5.93. The van der Waals surface area contributed by atoms with Gasteiger partial charge in [-0.2, -0.15) is 0 Å². The first kappa shape index (κ1) is 30.1. The second-order valence-corrected chi connectivity index (χ2v) is 8.15. The molecule has 0 saturated heterocycles. The molecule has 0 aliphatic heterocycles. The minimum absolute atomic E-state index is 0.0283. The Bertz CT molecular complexity index is 667. The maximum absolute atomic E-state index is 12.9. The Balaban J connectivity index is 5.33. The molecule has 13 nitrogen and oxygen atoms in total. The zero-order valence-corrected chi connectivity index (χ0v) is 19.5. The molecule has 0 aliphatic carbocycles. The molecule has 0 bridgehead atoms. The highest BCUT2D eigenvalue weighted by atomic mass is 16.4. The lowest BCUT2D eigenvalue weighted by Gasteiger charge is -2.25. The van der Waals surface area contributed by atoms with Gasteiger partial charge in [-0.25, -0.2) is 4.79 Å². The number of rotatable bonds is 17. The van der Waals surface area contributed by atoms with Crippen molar-refractivity contribution in [3.8, 4) is 0 Å². The second kappa shape index (κ2) is 16.7. The maximum Gasteiger partial charge on any atom is 0.326 e. The van der Waals surface area contributed by atoms with Crippen molar-refractivity contribution in [2.75, 3.05) is 19.6 Å². The average Bonchev–Trinajstić information content (AvgIpc) is 2.73. The maximum atomic E-state index is 12.9. The van der Waals surface area contributed by atoms with Crippen LogP contribution in [-0.4, -0.2) is 72.5 Å². The zero-order valence-electron chi connectivity index (χ0n) is 19.5. The van der Waals surface area contributed by atoms with Gasteiger partial charge in [-0.15, -0.1) is 0 Å². The molecule has 3 atom stereocenters. The van der Waals surface area contributed by atoms with E-state index < -0.39 is 41.8 Å². The van der Waals surface area contributed by atoms with Crippen LogP contribution in [0.15, 0.2) is 4.99 Å². The van der Waals surface area contributed by atoms with E-state index in [1.54, 1.807) is 0 Å². The third-order valence-corrected chi connectivity index (χ3v) is 4.68. The van der Waals surface area contributed by atoms with Gasteiger partial charge in [0.25, 0.3) is 0 Å². The fourth-order valence-electron chi connectivity index (χ4n) is 3.02. The number of carbonyl (C=O) groups excluding carboxylic acids is 3. The van der Waals surface area contributed by atoms with E-state index in [-0.39, 0.29) is 44.2 Å². The summed E-state index contributed by atoms with van der Waals surface area (Å²) in [5.74, 6) is -2.95. The van der Waals surface area contributed by atoms with E-state index in [0.717, 1.165) is 0 Å². The van der Waals surface area contributed by atoms with Crippen LogP contribution in [-0.2, 0) is 19.2 Å². The number of aliphatic carboxylic acids is 1. The molecule has 3 amide bonds. The van der Waals surface area contributed by atoms with E-state index in [1.165, 1.54) is 0 Å². The molecule has 0 heterocycles. The number of guanidine groups is 1. The first-order chi connectivity index (χ1) is 15.5. The molecule has 0 radical (unpaired) electrons. The van der Waals surface area contributed by atoms with Gasteiger partial charge in [0.2, 0.25) is 17.7 Å². The van der Waals surface area contributed by atoms with Crippen LogP contribution in [0.1, 0.15) is 52.4 Å². The number of hydrogen-bond acceptors (Lipinski definition) is 7. The Morgan fingerprint density at radius 1 is 0.848 bits per heavy atom. The Morgan fingerprint density at radius 3 is 1.94 bits per heavy atom. The molecular formula is C20H40N8O5. The predicted molar refractivity (Wildman–Crippen MR) is 125 cm³/mol. The smallest absolute Gasteiger partial charge is 0.326 e. The van der Waals surface area contributed by atoms with Crippen molar-refractivity contribution in [3.05, 3.63) is 0 Å². The summed E-state index contributed by atoms with van der Waals surface area (Å²) in [6.07, 6.45) is 2.27. The summed E-state index contributed by atoms with van der Waals surface area (Å²) in [5, 5.41) is 17.1. The third-order valence-electron chi connectivity index (χ3n) is 4.68. The SMILES string of the molecule is CC(C)CC(NC(=O)C(CCCN=C(N)N)NC(=O)CN)C(=O)NC(CCCCN)C(=O)O. The second-order valence-electron chi connectivity index (χ2n) is 8.15. The van der Waals surface area contributed by atoms with E-state index in [1.807, 2.05) is 13.8 Å². The number of nitrogens with zero attached hydrogens (tertiary/aromatic N) is 1. The largest absolute Gasteiger partial charge is 0.480 e. The standard InChI is InChI=1S/C20H40N8O5/c1-12(2)10-15(18(31)27-14(19(32)33)6-3-4-8-21)28-17(30)13(26-16(29)11-22)7-5-9-25-20(23)24/h12-15H,3-11,21-22H2,1-2H3,(H,26,29)(H,27,31)(H,28,30)(H,32,33)(H4,23,24,25). The molecule has 33 heavy (non-hydrogen) atoms. The molecule has 13 heteroatoms. The van der Waals surface area contributed by atoms with Crippen LogP contribution in [0.4, 0.5) is 0 Å². The van der Waals surface area contributed by atoms with Gasteiger partial charge in [-0.3, -0.25) is 19.4 Å². The molecule has 190 valence electrons. The van der Waals surface area contributed by atoms with Crippen LogP contribution >= 0.6 is 0 Å². The van der Waals surface area contributed by atoms with Crippen molar-refractivity contribution in [2.45, 2.75) is 70.5 Å². The zero-order chi connectivity index (χ0) is 25.4. The van der Waals surface area contributed by atoms with Gasteiger partial charge in [0, 0.05) is 6.54 Å². The molecule has 3 unspecified atom stereocenters. The number of aliphatic imine (C=N–C) groups is 1. The minimum atomic E-state index is -1.16. The molecule has 0 aromatic rings. The normalized spacial score (nSPS) is 13.5. The fourth-order valence-corrected chi connectivity index (χ4v) is 3.02. The number of unbranched alkanes of at least 4 members (excludes halogenated alkanes) is 1. The summed E-state index contributed by atoms with van der Waals surface area (Å²) in [6.45, 7) is 4.10. The highest BCUT2D eigenvalue weighted by Gasteiger charge is 2.29. The molecule has 0 aromatic carbocycles. The van der Waals surface area contributed by atoms with Gasteiger partial charge < -0.3 is 44.0 Å². The van der Waals surface area contributed by atoms with Gasteiger partial charge in [-0.1, -0.05) is 13.8 Å². The van der Waals surface area contributed by atoms with Crippen molar-refractivity contribution in [1.82, 2.24) is 16.0 Å². The Morgan fingerprint density at radius 2 is 1.42 bits per heavy atom. The van der Waals surface area contributed by atoms with Crippen molar-refractivity contribution in [1.29, 1.82) is 0 Å². The first-order valence-electron chi connectivity index (χ1n) is 11.1. The molecular weight excluding hydrogens is 432 g/mol. The summed E-state index contributed by atoms with van der Waals surface area (Å²) in [5.41, 5.74) is 21.4. The van der Waals surface area contributed by atoms with Crippen molar-refractivity contribution < 1.29 is 24.3 Å². The number of amides is 3. The monoisotopic (exact) mass is 472 g/mol. The number of nitrogens with two attached hydrogens (primary N) is 4. The lowest BCUT2D eigenvalue weighted by Crippen LogP contribution is -2.56. The lowest BCUT2D eigenvalue weighted by molar-refractivity contribution is -0.142. The number of carboxylic acid groups (broad SMARTS) is 1. The molecule has 0 aromatic heterocycles. The Labute approximate surface area is 194 Å². The lowest BCUT2D eigenvalue weighted by atomic mass is 10.0. The summed E-state index contributed by atoms with van der Waals surface area (Å²) in [6, 6.07) is -3.04. The summed E-state index contributed by atoms with van der Waals surface area (Å²) in [4.78, 5) is 52.9. The number of hydrogen-bond donors (Lipinski definition) is 8. The Kier molecular flexibility index (Phi) is 15.2. The van der Waals surface area contributed by atoms with Gasteiger partial charge in [0.1, 0.15) is 18.1 Å². The molecule has 0 rings (SSSR count). The summed E-state index contributed by atoms with van der Waals surface area (Å²) >= 11 is 0.